The summed E-state index contributed by atoms with van der Waals surface area (Å²) in [6.07, 6.45) is 8.15. The molecule has 0 aromatic heterocycles. The Morgan fingerprint density at radius 3 is 2.62 bits per heavy atom. The first-order valence-electron chi connectivity index (χ1n) is 7.42. The summed E-state index contributed by atoms with van der Waals surface area (Å²) in [7, 11) is 0. The van der Waals surface area contributed by atoms with Crippen molar-refractivity contribution in [3.8, 4) is 0 Å². The molecule has 0 saturated carbocycles. The number of rotatable bonds is 12. The van der Waals surface area contributed by atoms with Crippen LogP contribution in [0.25, 0.3) is 10.4 Å². The van der Waals surface area contributed by atoms with Crippen LogP contribution in [0, 0.1) is 5.92 Å². The Bertz CT molecular complexity index is 423. The van der Waals surface area contributed by atoms with Crippen LogP contribution >= 0.6 is 0 Å². The molecule has 0 bridgehead atoms. The summed E-state index contributed by atoms with van der Waals surface area (Å²) in [5.74, 6) is -0.159. The van der Waals surface area contributed by atoms with Crippen LogP contribution in [0.5, 0.6) is 0 Å². The predicted molar refractivity (Wildman–Crippen MR) is 84.8 cm³/mol. The van der Waals surface area contributed by atoms with Gasteiger partial charge in [-0.1, -0.05) is 30.6 Å². The fraction of sp³-hybridized carbons (Fsp3) is 0.625. The van der Waals surface area contributed by atoms with Crippen molar-refractivity contribution in [3.05, 3.63) is 35.2 Å². The number of hydrogen-bond acceptors (Lipinski definition) is 3. The third-order valence-corrected chi connectivity index (χ3v) is 3.27. The van der Waals surface area contributed by atoms with Crippen LogP contribution in [0.1, 0.15) is 52.4 Å². The molecule has 5 heteroatoms. The van der Waals surface area contributed by atoms with E-state index in [0.29, 0.717) is 19.3 Å². The Morgan fingerprint density at radius 1 is 1.38 bits per heavy atom. The van der Waals surface area contributed by atoms with E-state index in [1.807, 2.05) is 6.92 Å². The second kappa shape index (κ2) is 11.9. The summed E-state index contributed by atoms with van der Waals surface area (Å²) in [5, 5.41) is 3.66. The normalized spacial score (nSPS) is 13.4. The van der Waals surface area contributed by atoms with Gasteiger partial charge in [0.25, 0.3) is 0 Å². The molecule has 0 heterocycles. The van der Waals surface area contributed by atoms with Crippen LogP contribution in [0.2, 0.25) is 0 Å². The molecule has 0 aliphatic rings. The van der Waals surface area contributed by atoms with Crippen LogP contribution in [0.3, 0.4) is 0 Å². The number of hydrogen-bond donors (Lipinski definition) is 0. The molecule has 0 spiro atoms. The van der Waals surface area contributed by atoms with Gasteiger partial charge in [0.15, 0.2) is 5.78 Å². The summed E-state index contributed by atoms with van der Waals surface area (Å²) in [6, 6.07) is -0.232. The number of azide groups is 1. The maximum atomic E-state index is 12.2. The van der Waals surface area contributed by atoms with Crippen molar-refractivity contribution < 1.29 is 9.59 Å². The second-order valence-electron chi connectivity index (χ2n) is 5.04. The van der Waals surface area contributed by atoms with Gasteiger partial charge >= 0.3 is 0 Å². The summed E-state index contributed by atoms with van der Waals surface area (Å²) >= 11 is 0. The minimum absolute atomic E-state index is 0.0120. The molecule has 2 atom stereocenters. The molecule has 2 unspecified atom stereocenters. The molecule has 0 N–H and O–H groups in total. The maximum absolute atomic E-state index is 12.2. The monoisotopic (exact) mass is 291 g/mol. The Labute approximate surface area is 126 Å². The minimum Gasteiger partial charge on any atom is -0.299 e. The smallest absolute Gasteiger partial charge is 0.156 e. The molecule has 116 valence electrons. The summed E-state index contributed by atoms with van der Waals surface area (Å²) < 4.78 is 0. The Hall–Kier alpha value is -1.87. The molecule has 0 fully saturated rings. The lowest BCUT2D eigenvalue weighted by atomic mass is 9.89. The van der Waals surface area contributed by atoms with Gasteiger partial charge < -0.3 is 0 Å². The van der Waals surface area contributed by atoms with Gasteiger partial charge in [0.1, 0.15) is 5.78 Å². The largest absolute Gasteiger partial charge is 0.299 e. The highest BCUT2D eigenvalue weighted by atomic mass is 16.1. The van der Waals surface area contributed by atoms with Gasteiger partial charge in [-0.05, 0) is 37.8 Å². The van der Waals surface area contributed by atoms with Gasteiger partial charge in [-0.2, -0.15) is 0 Å². The number of carbonyl (C=O) groups is 2. The minimum atomic E-state index is -0.232. The number of nitrogens with zero attached hydrogens (tertiary/aromatic N) is 3. The van der Waals surface area contributed by atoms with Crippen LogP contribution < -0.4 is 0 Å². The fourth-order valence-corrected chi connectivity index (χ4v) is 2.22. The third-order valence-electron chi connectivity index (χ3n) is 3.27. The van der Waals surface area contributed by atoms with Gasteiger partial charge in [-0.25, -0.2) is 0 Å². The SMILES string of the molecule is C=CCC(CCC(=O)C(CCC)CC(=O)/C=C/C)N=[N+]=[N-]. The first kappa shape index (κ1) is 19.1. The lowest BCUT2D eigenvalue weighted by molar-refractivity contribution is -0.126. The number of carbonyl (C=O) groups excluding carboxylic acids is 2. The average molecular weight is 291 g/mol. The van der Waals surface area contributed by atoms with Gasteiger partial charge in [-0.15, -0.1) is 6.58 Å². The van der Waals surface area contributed by atoms with E-state index in [1.54, 1.807) is 19.1 Å². The zero-order valence-corrected chi connectivity index (χ0v) is 13.0. The molecule has 0 aromatic carbocycles. The quantitative estimate of drug-likeness (QED) is 0.174. The van der Waals surface area contributed by atoms with E-state index < -0.39 is 0 Å². The number of allylic oxidation sites excluding steroid dienone is 2. The van der Waals surface area contributed by atoms with E-state index in [0.717, 1.165) is 12.8 Å². The van der Waals surface area contributed by atoms with E-state index >= 15 is 0 Å². The molecule has 0 radical (unpaired) electrons. The van der Waals surface area contributed by atoms with Crippen molar-refractivity contribution >= 4 is 11.6 Å². The van der Waals surface area contributed by atoms with Crippen molar-refractivity contribution in [2.75, 3.05) is 0 Å². The van der Waals surface area contributed by atoms with E-state index in [1.165, 1.54) is 6.08 Å². The van der Waals surface area contributed by atoms with Crippen LogP contribution in [-0.2, 0) is 9.59 Å². The molecule has 0 rings (SSSR count). The van der Waals surface area contributed by atoms with E-state index in [9.17, 15) is 9.59 Å². The fourth-order valence-electron chi connectivity index (χ4n) is 2.22. The summed E-state index contributed by atoms with van der Waals surface area (Å²) in [5.41, 5.74) is 8.49. The highest BCUT2D eigenvalue weighted by Gasteiger charge is 2.20. The summed E-state index contributed by atoms with van der Waals surface area (Å²) in [4.78, 5) is 26.7. The second-order valence-corrected chi connectivity index (χ2v) is 5.04. The average Bonchev–Trinajstić information content (AvgIpc) is 2.44. The molecule has 0 amide bonds. The van der Waals surface area contributed by atoms with E-state index in [2.05, 4.69) is 16.6 Å². The van der Waals surface area contributed by atoms with Crippen molar-refractivity contribution in [2.24, 2.45) is 11.0 Å². The van der Waals surface area contributed by atoms with Gasteiger partial charge in [-0.3, -0.25) is 9.59 Å². The maximum Gasteiger partial charge on any atom is 0.156 e. The first-order chi connectivity index (χ1) is 10.1. The molecule has 21 heavy (non-hydrogen) atoms. The molecular weight excluding hydrogens is 266 g/mol. The van der Waals surface area contributed by atoms with Crippen molar-refractivity contribution in [2.45, 2.75) is 58.4 Å². The number of Topliss-reactive ketones (excluding diaryl/α,β-unsaturated/α-hetero) is 1. The van der Waals surface area contributed by atoms with E-state index in [-0.39, 0.29) is 29.9 Å². The molecule has 0 aliphatic carbocycles. The van der Waals surface area contributed by atoms with Crippen LogP contribution in [0.15, 0.2) is 29.9 Å². The van der Waals surface area contributed by atoms with E-state index in [4.69, 9.17) is 5.53 Å². The topological polar surface area (TPSA) is 82.9 Å². The molecule has 0 saturated heterocycles. The van der Waals surface area contributed by atoms with Gasteiger partial charge in [0.2, 0.25) is 0 Å². The van der Waals surface area contributed by atoms with Crippen molar-refractivity contribution in [3.63, 3.8) is 0 Å². The molecule has 0 aromatic rings. The molecular formula is C16H25N3O2. The summed E-state index contributed by atoms with van der Waals surface area (Å²) in [6.45, 7) is 7.40. The van der Waals surface area contributed by atoms with Crippen LogP contribution in [0.4, 0.5) is 0 Å². The Kier molecular flexibility index (Phi) is 10.9. The predicted octanol–water partition coefficient (Wildman–Crippen LogP) is 4.54. The van der Waals surface area contributed by atoms with Gasteiger partial charge in [0.05, 0.1) is 0 Å². The zero-order chi connectivity index (χ0) is 16.1. The molecule has 0 aliphatic heterocycles. The zero-order valence-electron chi connectivity index (χ0n) is 13.0. The Morgan fingerprint density at radius 2 is 2.10 bits per heavy atom. The molecule has 5 nitrogen and oxygen atoms in total. The lowest BCUT2D eigenvalue weighted by Gasteiger charge is -2.15. The van der Waals surface area contributed by atoms with Crippen molar-refractivity contribution in [1.29, 1.82) is 0 Å². The lowest BCUT2D eigenvalue weighted by Crippen LogP contribution is -2.19. The van der Waals surface area contributed by atoms with Crippen LogP contribution in [-0.4, -0.2) is 17.6 Å². The number of ketones is 2. The van der Waals surface area contributed by atoms with Crippen molar-refractivity contribution in [1.82, 2.24) is 0 Å². The standard InChI is InChI=1S/C16H25N3O2/c1-4-7-13(12-15(20)9-6-3)16(21)11-10-14(8-5-2)18-19-17/h5-6,9,13-14H,2,4,7-8,10-12H2,1,3H3/b9-6+. The Balaban J connectivity index is 4.55. The highest BCUT2D eigenvalue weighted by Crippen LogP contribution is 2.18. The highest BCUT2D eigenvalue weighted by molar-refractivity contribution is 5.93. The third kappa shape index (κ3) is 8.82. The van der Waals surface area contributed by atoms with Gasteiger partial charge in [0, 0.05) is 29.7 Å². The first-order valence-corrected chi connectivity index (χ1v) is 7.42.